The lowest BCUT2D eigenvalue weighted by atomic mass is 9.89. The Morgan fingerprint density at radius 2 is 1.86 bits per heavy atom. The summed E-state index contributed by atoms with van der Waals surface area (Å²) < 4.78 is 37.7. The number of amides is 1. The van der Waals surface area contributed by atoms with Crippen molar-refractivity contribution in [3.05, 3.63) is 76.5 Å². The summed E-state index contributed by atoms with van der Waals surface area (Å²) in [6.07, 6.45) is -1.59. The molecule has 4 rings (SSSR count). The number of fused-ring (bicyclic) bond motifs is 3. The van der Waals surface area contributed by atoms with Crippen LogP contribution in [0.15, 0.2) is 53.6 Å². The zero-order valence-electron chi connectivity index (χ0n) is 14.5. The van der Waals surface area contributed by atoms with Crippen molar-refractivity contribution in [2.75, 3.05) is 0 Å². The first-order valence-electron chi connectivity index (χ1n) is 8.59. The first kappa shape index (κ1) is 18.0. The molecule has 2 N–H and O–H groups in total. The molecule has 0 spiro atoms. The van der Waals surface area contributed by atoms with Crippen molar-refractivity contribution in [2.45, 2.75) is 19.0 Å². The zero-order valence-corrected chi connectivity index (χ0v) is 14.5. The summed E-state index contributed by atoms with van der Waals surface area (Å²) in [4.78, 5) is 12.4. The monoisotopic (exact) mass is 384 g/mol. The summed E-state index contributed by atoms with van der Waals surface area (Å²) >= 11 is 0. The molecule has 0 radical (unpaired) electrons. The lowest BCUT2D eigenvalue weighted by Crippen LogP contribution is -2.20. The van der Waals surface area contributed by atoms with Gasteiger partial charge in [-0.3, -0.25) is 9.89 Å². The van der Waals surface area contributed by atoms with Gasteiger partial charge in [0.25, 0.3) is 5.91 Å². The first-order chi connectivity index (χ1) is 13.4. The fourth-order valence-electron chi connectivity index (χ4n) is 3.23. The minimum atomic E-state index is -4.39. The van der Waals surface area contributed by atoms with Crippen LogP contribution in [-0.2, 0) is 19.0 Å². The molecule has 0 saturated carbocycles. The van der Waals surface area contributed by atoms with Gasteiger partial charge < -0.3 is 0 Å². The number of nitrogens with one attached hydrogen (secondary N) is 2. The van der Waals surface area contributed by atoms with Crippen LogP contribution < -0.4 is 5.43 Å². The van der Waals surface area contributed by atoms with E-state index in [1.165, 1.54) is 23.9 Å². The fraction of sp³-hybridized carbons (Fsp3) is 0.150. The van der Waals surface area contributed by atoms with E-state index < -0.39 is 17.6 Å². The van der Waals surface area contributed by atoms with E-state index in [1.807, 2.05) is 24.3 Å². The van der Waals surface area contributed by atoms with E-state index in [0.29, 0.717) is 17.7 Å². The maximum absolute atomic E-state index is 12.6. The number of rotatable bonds is 3. The Bertz CT molecular complexity index is 1050. The van der Waals surface area contributed by atoms with E-state index in [-0.39, 0.29) is 0 Å². The summed E-state index contributed by atoms with van der Waals surface area (Å²) in [6.45, 7) is 0. The molecular formula is C20H15F3N4O. The molecule has 0 unspecified atom stereocenters. The molecule has 0 bridgehead atoms. The van der Waals surface area contributed by atoms with E-state index in [0.717, 1.165) is 35.4 Å². The van der Waals surface area contributed by atoms with Crippen LogP contribution in [0.3, 0.4) is 0 Å². The molecule has 8 heteroatoms. The molecule has 0 fully saturated rings. The predicted molar refractivity (Wildman–Crippen MR) is 97.9 cm³/mol. The molecule has 1 aliphatic carbocycles. The maximum Gasteiger partial charge on any atom is 0.416 e. The number of hydrogen-bond acceptors (Lipinski definition) is 3. The molecule has 0 atom stereocenters. The number of carbonyl (C=O) groups excluding carboxylic acids is 1. The molecular weight excluding hydrogens is 369 g/mol. The number of H-pyrrole nitrogens is 1. The number of carbonyl (C=O) groups is 1. The third kappa shape index (κ3) is 3.40. The highest BCUT2D eigenvalue weighted by Crippen LogP contribution is 2.33. The summed E-state index contributed by atoms with van der Waals surface area (Å²) in [6, 6.07) is 12.4. The van der Waals surface area contributed by atoms with Crippen LogP contribution in [0.2, 0.25) is 0 Å². The fourth-order valence-corrected chi connectivity index (χ4v) is 3.23. The van der Waals surface area contributed by atoms with Crippen molar-refractivity contribution in [1.82, 2.24) is 15.6 Å². The Morgan fingerprint density at radius 3 is 2.61 bits per heavy atom. The van der Waals surface area contributed by atoms with Crippen LogP contribution in [0.1, 0.15) is 32.7 Å². The van der Waals surface area contributed by atoms with Crippen LogP contribution >= 0.6 is 0 Å². The number of benzene rings is 2. The van der Waals surface area contributed by atoms with E-state index in [9.17, 15) is 18.0 Å². The summed E-state index contributed by atoms with van der Waals surface area (Å²) in [5, 5.41) is 10.9. The molecule has 142 valence electrons. The van der Waals surface area contributed by atoms with Crippen molar-refractivity contribution < 1.29 is 18.0 Å². The van der Waals surface area contributed by atoms with E-state index in [4.69, 9.17) is 0 Å². The number of aryl methyl sites for hydroxylation is 1. The predicted octanol–water partition coefficient (Wildman–Crippen LogP) is 3.96. The second kappa shape index (κ2) is 6.95. The number of alkyl halides is 3. The van der Waals surface area contributed by atoms with Gasteiger partial charge in [-0.1, -0.05) is 36.4 Å². The minimum Gasteiger partial charge on any atom is -0.272 e. The van der Waals surface area contributed by atoms with Gasteiger partial charge >= 0.3 is 6.18 Å². The molecule has 3 aromatic rings. The third-order valence-electron chi connectivity index (χ3n) is 4.63. The Kier molecular flexibility index (Phi) is 4.46. The maximum atomic E-state index is 12.6. The Labute approximate surface area is 158 Å². The van der Waals surface area contributed by atoms with Gasteiger partial charge in [-0.05, 0) is 36.1 Å². The third-order valence-corrected chi connectivity index (χ3v) is 4.63. The smallest absolute Gasteiger partial charge is 0.272 e. The highest BCUT2D eigenvalue weighted by Gasteiger charge is 2.30. The van der Waals surface area contributed by atoms with Crippen molar-refractivity contribution >= 4 is 12.1 Å². The van der Waals surface area contributed by atoms with Crippen LogP contribution in [0.25, 0.3) is 11.3 Å². The summed E-state index contributed by atoms with van der Waals surface area (Å²) in [7, 11) is 0. The van der Waals surface area contributed by atoms with Gasteiger partial charge in [0, 0.05) is 11.1 Å². The second-order valence-corrected chi connectivity index (χ2v) is 6.40. The standard InChI is InChI=1S/C20H15F3N4O/c21-20(22,23)14-8-5-12(6-9-14)11-24-27-19(28)18-16-10-7-13-3-1-2-4-15(13)17(16)25-26-18/h1-6,8-9,11H,7,10H2,(H,25,26)(H,27,28)/b24-11-. The number of aromatic nitrogens is 2. The van der Waals surface area contributed by atoms with Crippen LogP contribution in [0.5, 0.6) is 0 Å². The Hall–Kier alpha value is -3.42. The number of nitrogens with zero attached hydrogens (tertiary/aromatic N) is 2. The van der Waals surface area contributed by atoms with Crippen LogP contribution in [-0.4, -0.2) is 22.3 Å². The molecule has 1 heterocycles. The van der Waals surface area contributed by atoms with E-state index >= 15 is 0 Å². The van der Waals surface area contributed by atoms with Gasteiger partial charge in [0.2, 0.25) is 0 Å². The Morgan fingerprint density at radius 1 is 1.11 bits per heavy atom. The molecule has 1 amide bonds. The molecule has 0 aliphatic heterocycles. The quantitative estimate of drug-likeness (QED) is 0.530. The minimum absolute atomic E-state index is 0.342. The SMILES string of the molecule is O=C(N/N=C\c1ccc(C(F)(F)F)cc1)c1[nH]nc2c1CCc1ccccc1-2. The van der Waals surface area contributed by atoms with Gasteiger partial charge in [-0.2, -0.15) is 23.4 Å². The summed E-state index contributed by atoms with van der Waals surface area (Å²) in [5.41, 5.74) is 6.22. The highest BCUT2D eigenvalue weighted by molar-refractivity contribution is 5.96. The van der Waals surface area contributed by atoms with Crippen molar-refractivity contribution in [3.8, 4) is 11.3 Å². The van der Waals surface area contributed by atoms with Gasteiger partial charge in [-0.25, -0.2) is 5.43 Å². The lowest BCUT2D eigenvalue weighted by Gasteiger charge is -2.15. The largest absolute Gasteiger partial charge is 0.416 e. The summed E-state index contributed by atoms with van der Waals surface area (Å²) in [5.74, 6) is -0.448. The van der Waals surface area contributed by atoms with Crippen molar-refractivity contribution in [3.63, 3.8) is 0 Å². The highest BCUT2D eigenvalue weighted by atomic mass is 19.4. The topological polar surface area (TPSA) is 70.1 Å². The van der Waals surface area contributed by atoms with Gasteiger partial charge in [0.05, 0.1) is 17.5 Å². The molecule has 28 heavy (non-hydrogen) atoms. The van der Waals surface area contributed by atoms with Crippen LogP contribution in [0.4, 0.5) is 13.2 Å². The molecule has 1 aliphatic rings. The normalized spacial score (nSPS) is 13.2. The van der Waals surface area contributed by atoms with Gasteiger partial charge in [0.1, 0.15) is 5.69 Å². The number of aromatic amines is 1. The second-order valence-electron chi connectivity index (χ2n) is 6.40. The van der Waals surface area contributed by atoms with Crippen molar-refractivity contribution in [1.29, 1.82) is 0 Å². The van der Waals surface area contributed by atoms with Crippen molar-refractivity contribution in [2.24, 2.45) is 5.10 Å². The van der Waals surface area contributed by atoms with E-state index in [2.05, 4.69) is 20.7 Å². The number of halogens is 3. The molecule has 0 saturated heterocycles. The molecule has 5 nitrogen and oxygen atoms in total. The Balaban J connectivity index is 1.47. The first-order valence-corrected chi connectivity index (χ1v) is 8.59. The van der Waals surface area contributed by atoms with Crippen LogP contribution in [0, 0.1) is 0 Å². The number of hydrogen-bond donors (Lipinski definition) is 2. The van der Waals surface area contributed by atoms with E-state index in [1.54, 1.807) is 0 Å². The lowest BCUT2D eigenvalue weighted by molar-refractivity contribution is -0.137. The zero-order chi connectivity index (χ0) is 19.7. The average Bonchev–Trinajstić information content (AvgIpc) is 3.12. The number of hydrazone groups is 1. The molecule has 1 aromatic heterocycles. The van der Waals surface area contributed by atoms with Gasteiger partial charge in [-0.15, -0.1) is 0 Å². The average molecular weight is 384 g/mol. The van der Waals surface area contributed by atoms with Gasteiger partial charge in [0.15, 0.2) is 0 Å². The molecule has 2 aromatic carbocycles.